The minimum Gasteiger partial charge on any atom is -0.354 e. The summed E-state index contributed by atoms with van der Waals surface area (Å²) in [6.45, 7) is 6.99. The fourth-order valence-electron chi connectivity index (χ4n) is 5.23. The molecular formula is C30H32F3N7O3S. The zero-order valence-corrected chi connectivity index (χ0v) is 25.1. The first-order valence-electron chi connectivity index (χ1n) is 14.0. The normalized spacial score (nSPS) is 17.4. The molecule has 10 nitrogen and oxygen atoms in total. The van der Waals surface area contributed by atoms with Gasteiger partial charge < -0.3 is 15.1 Å². The molecule has 2 saturated heterocycles. The SMILES string of the molecule is CC1(C)C(=O)N(c2ccc(C(F)(F)F)cc2S)C(=O)N1Cc1ccnc(NC(=O)CCN2CCN(c3ccccn3)CC2)c1. The lowest BCUT2D eigenvalue weighted by Gasteiger charge is -2.35. The van der Waals surface area contributed by atoms with Gasteiger partial charge in [0.1, 0.15) is 17.2 Å². The van der Waals surface area contributed by atoms with Gasteiger partial charge in [0.2, 0.25) is 5.91 Å². The van der Waals surface area contributed by atoms with Crippen molar-refractivity contribution in [3.63, 3.8) is 0 Å². The van der Waals surface area contributed by atoms with E-state index in [1.165, 1.54) is 11.1 Å². The molecule has 0 spiro atoms. The van der Waals surface area contributed by atoms with Crippen LogP contribution >= 0.6 is 12.6 Å². The Kier molecular flexibility index (Phi) is 8.84. The number of hydrogen-bond acceptors (Lipinski definition) is 8. The number of carbonyl (C=O) groups excluding carboxylic acids is 3. The maximum Gasteiger partial charge on any atom is 0.416 e. The third-order valence-corrected chi connectivity index (χ3v) is 8.16. The number of aromatic nitrogens is 2. The minimum atomic E-state index is -4.59. The predicted octanol–water partition coefficient (Wildman–Crippen LogP) is 4.68. The number of anilines is 3. The van der Waals surface area contributed by atoms with Crippen molar-refractivity contribution in [3.8, 4) is 0 Å². The number of thiol groups is 1. The molecule has 3 aromatic rings. The molecule has 1 N–H and O–H groups in total. The van der Waals surface area contributed by atoms with Crippen LogP contribution in [0, 0.1) is 0 Å². The first-order valence-corrected chi connectivity index (χ1v) is 14.5. The number of nitrogens with one attached hydrogen (secondary N) is 1. The molecule has 0 radical (unpaired) electrons. The summed E-state index contributed by atoms with van der Waals surface area (Å²) in [5.74, 6) is 0.448. The second-order valence-corrected chi connectivity index (χ2v) is 11.6. The molecule has 4 heterocycles. The van der Waals surface area contributed by atoms with Crippen molar-refractivity contribution in [1.29, 1.82) is 0 Å². The molecular weight excluding hydrogens is 595 g/mol. The number of amides is 4. The van der Waals surface area contributed by atoms with Gasteiger partial charge in [0.05, 0.1) is 11.3 Å². The molecule has 14 heteroatoms. The van der Waals surface area contributed by atoms with Crippen molar-refractivity contribution < 1.29 is 27.6 Å². The predicted molar refractivity (Wildman–Crippen MR) is 162 cm³/mol. The lowest BCUT2D eigenvalue weighted by Crippen LogP contribution is -2.47. The van der Waals surface area contributed by atoms with Crippen molar-refractivity contribution in [2.75, 3.05) is 47.8 Å². The Morgan fingerprint density at radius 3 is 2.41 bits per heavy atom. The van der Waals surface area contributed by atoms with Gasteiger partial charge in [-0.3, -0.25) is 14.5 Å². The molecule has 44 heavy (non-hydrogen) atoms. The van der Waals surface area contributed by atoms with Crippen LogP contribution in [0.25, 0.3) is 0 Å². The van der Waals surface area contributed by atoms with Gasteiger partial charge in [0, 0.05) is 63.0 Å². The third-order valence-electron chi connectivity index (χ3n) is 7.80. The highest BCUT2D eigenvalue weighted by Gasteiger charge is 2.52. The maximum atomic E-state index is 13.4. The quantitative estimate of drug-likeness (QED) is 0.276. The number of carbonyl (C=O) groups is 3. The van der Waals surface area contributed by atoms with Crippen molar-refractivity contribution in [1.82, 2.24) is 19.8 Å². The molecule has 0 unspecified atom stereocenters. The van der Waals surface area contributed by atoms with Crippen LogP contribution in [0.3, 0.4) is 0 Å². The fourth-order valence-corrected chi connectivity index (χ4v) is 5.55. The fraction of sp³-hybridized carbons (Fsp3) is 0.367. The van der Waals surface area contributed by atoms with E-state index in [0.717, 1.165) is 55.1 Å². The van der Waals surface area contributed by atoms with E-state index in [1.807, 2.05) is 18.2 Å². The number of urea groups is 1. The number of halogens is 3. The van der Waals surface area contributed by atoms with Crippen molar-refractivity contribution in [2.24, 2.45) is 0 Å². The summed E-state index contributed by atoms with van der Waals surface area (Å²) in [5.41, 5.74) is -1.66. The van der Waals surface area contributed by atoms with E-state index in [0.29, 0.717) is 17.9 Å². The Morgan fingerprint density at radius 2 is 1.75 bits per heavy atom. The summed E-state index contributed by atoms with van der Waals surface area (Å²) < 4.78 is 39.4. The molecule has 2 fully saturated rings. The lowest BCUT2D eigenvalue weighted by molar-refractivity contribution is -0.137. The Hall–Kier alpha value is -4.17. The van der Waals surface area contributed by atoms with E-state index in [2.05, 4.69) is 37.7 Å². The highest BCUT2D eigenvalue weighted by molar-refractivity contribution is 7.80. The lowest BCUT2D eigenvalue weighted by atomic mass is 10.0. The average Bonchev–Trinajstić information content (AvgIpc) is 3.15. The number of nitrogens with zero attached hydrogens (tertiary/aromatic N) is 6. The van der Waals surface area contributed by atoms with E-state index < -0.39 is 29.2 Å². The van der Waals surface area contributed by atoms with Crippen molar-refractivity contribution in [2.45, 2.75) is 43.4 Å². The van der Waals surface area contributed by atoms with Crippen LogP contribution in [0.15, 0.2) is 65.8 Å². The third kappa shape index (κ3) is 6.65. The van der Waals surface area contributed by atoms with E-state index >= 15 is 0 Å². The standard InChI is InChI=1S/C30H32F3N7O3S/c1-29(2)27(42)40(22-7-6-21(18-23(22)44)30(31,32)33)28(43)39(29)19-20-8-11-34-24(17-20)36-26(41)9-12-37-13-15-38(16-14-37)25-5-3-4-10-35-25/h3-8,10-11,17-18,44H,9,12-16,19H2,1-2H3,(H,34,36,41). The summed E-state index contributed by atoms with van der Waals surface area (Å²) in [4.78, 5) is 54.6. The zero-order chi connectivity index (χ0) is 31.6. The van der Waals surface area contributed by atoms with Crippen LogP contribution in [0.2, 0.25) is 0 Å². The molecule has 0 bridgehead atoms. The molecule has 5 rings (SSSR count). The molecule has 2 aliphatic heterocycles. The monoisotopic (exact) mass is 627 g/mol. The number of pyridine rings is 2. The van der Waals surface area contributed by atoms with Gasteiger partial charge in [0.25, 0.3) is 5.91 Å². The van der Waals surface area contributed by atoms with Gasteiger partial charge >= 0.3 is 12.2 Å². The average molecular weight is 628 g/mol. The minimum absolute atomic E-state index is 0.00253. The highest BCUT2D eigenvalue weighted by Crippen LogP contribution is 2.39. The molecule has 0 aliphatic carbocycles. The number of hydrogen-bond donors (Lipinski definition) is 2. The Bertz CT molecular complexity index is 1550. The van der Waals surface area contributed by atoms with Crippen LogP contribution in [-0.4, -0.2) is 75.9 Å². The molecule has 0 saturated carbocycles. The molecule has 4 amide bonds. The Labute approximate surface area is 258 Å². The first kappa shape index (κ1) is 31.3. The van der Waals surface area contributed by atoms with Gasteiger partial charge in [-0.05, 0) is 61.9 Å². The van der Waals surface area contributed by atoms with E-state index in [4.69, 9.17) is 0 Å². The van der Waals surface area contributed by atoms with E-state index in [1.54, 1.807) is 32.2 Å². The summed E-state index contributed by atoms with van der Waals surface area (Å²) in [6, 6.07) is 11.1. The van der Waals surface area contributed by atoms with Crippen LogP contribution in [0.1, 0.15) is 31.4 Å². The highest BCUT2D eigenvalue weighted by atomic mass is 32.1. The summed E-state index contributed by atoms with van der Waals surface area (Å²) in [7, 11) is 0. The number of rotatable bonds is 8. The van der Waals surface area contributed by atoms with Crippen LogP contribution in [0.4, 0.5) is 35.3 Å². The number of benzene rings is 1. The van der Waals surface area contributed by atoms with Crippen LogP contribution in [0.5, 0.6) is 0 Å². The molecule has 0 atom stereocenters. The number of imide groups is 1. The van der Waals surface area contributed by atoms with Crippen molar-refractivity contribution in [3.05, 3.63) is 72.1 Å². The summed E-state index contributed by atoms with van der Waals surface area (Å²) >= 11 is 4.14. The zero-order valence-electron chi connectivity index (χ0n) is 24.2. The Balaban J connectivity index is 1.18. The van der Waals surface area contributed by atoms with Gasteiger partial charge in [0.15, 0.2) is 0 Å². The van der Waals surface area contributed by atoms with E-state index in [-0.39, 0.29) is 29.5 Å². The van der Waals surface area contributed by atoms with Crippen molar-refractivity contribution >= 4 is 47.8 Å². The van der Waals surface area contributed by atoms with Gasteiger partial charge in [-0.15, -0.1) is 12.6 Å². The molecule has 2 aliphatic rings. The van der Waals surface area contributed by atoms with E-state index in [9.17, 15) is 27.6 Å². The largest absolute Gasteiger partial charge is 0.416 e. The number of piperazine rings is 1. The Morgan fingerprint density at radius 1 is 1.00 bits per heavy atom. The summed E-state index contributed by atoms with van der Waals surface area (Å²) in [6.07, 6.45) is -1.05. The number of alkyl halides is 3. The second-order valence-electron chi connectivity index (χ2n) is 11.1. The van der Waals surface area contributed by atoms with Crippen LogP contribution in [-0.2, 0) is 22.3 Å². The summed E-state index contributed by atoms with van der Waals surface area (Å²) in [5, 5.41) is 2.80. The molecule has 232 valence electrons. The van der Waals surface area contributed by atoms with Gasteiger partial charge in [-0.1, -0.05) is 6.07 Å². The molecule has 1 aromatic carbocycles. The molecule has 2 aromatic heterocycles. The van der Waals surface area contributed by atoms with Gasteiger partial charge in [-0.25, -0.2) is 19.7 Å². The first-order chi connectivity index (χ1) is 20.8. The smallest absolute Gasteiger partial charge is 0.354 e. The topological polar surface area (TPSA) is 102 Å². The maximum absolute atomic E-state index is 13.4. The van der Waals surface area contributed by atoms with Crippen LogP contribution < -0.4 is 15.1 Å². The van der Waals surface area contributed by atoms with Gasteiger partial charge in [-0.2, -0.15) is 13.2 Å². The second kappa shape index (κ2) is 12.4.